The Balaban J connectivity index is 0.00000225. The van der Waals surface area contributed by atoms with E-state index in [-0.39, 0.29) is 24.0 Å². The fourth-order valence-electron chi connectivity index (χ4n) is 3.57. The zero-order valence-electron chi connectivity index (χ0n) is 15.8. The number of nitrogens with zero attached hydrogens (tertiary/aromatic N) is 2. The highest BCUT2D eigenvalue weighted by Crippen LogP contribution is 2.28. The third-order valence-electron chi connectivity index (χ3n) is 5.53. The Hall–Kier alpha value is -0.820. The van der Waals surface area contributed by atoms with Crippen LogP contribution in [0.1, 0.15) is 50.7 Å². The molecule has 1 aliphatic heterocycles. The van der Waals surface area contributed by atoms with Crippen LogP contribution < -0.4 is 10.6 Å². The van der Waals surface area contributed by atoms with E-state index in [1.54, 1.807) is 0 Å². The van der Waals surface area contributed by atoms with Gasteiger partial charge < -0.3 is 10.6 Å². The van der Waals surface area contributed by atoms with E-state index in [2.05, 4.69) is 58.6 Å². The minimum absolute atomic E-state index is 0. The lowest BCUT2D eigenvalue weighted by molar-refractivity contribution is 0.152. The molecule has 2 N–H and O–H groups in total. The zero-order valence-corrected chi connectivity index (χ0v) is 18.1. The van der Waals surface area contributed by atoms with Crippen molar-refractivity contribution in [1.82, 2.24) is 15.5 Å². The summed E-state index contributed by atoms with van der Waals surface area (Å²) in [5.74, 6) is 1.70. The summed E-state index contributed by atoms with van der Waals surface area (Å²) in [4.78, 5) is 6.99. The molecule has 0 aromatic heterocycles. The number of hydrogen-bond donors (Lipinski definition) is 2. The normalized spacial score (nSPS) is 26.7. The second kappa shape index (κ2) is 9.76. The highest BCUT2D eigenvalue weighted by atomic mass is 127. The fraction of sp³-hybridized carbons (Fsp3) is 0.650. The van der Waals surface area contributed by atoms with E-state index >= 15 is 0 Å². The van der Waals surface area contributed by atoms with E-state index in [4.69, 9.17) is 0 Å². The summed E-state index contributed by atoms with van der Waals surface area (Å²) < 4.78 is 0. The molecule has 2 fully saturated rings. The molecule has 3 rings (SSSR count). The van der Waals surface area contributed by atoms with Gasteiger partial charge >= 0.3 is 0 Å². The Bertz CT molecular complexity index is 575. The number of nitrogens with one attached hydrogen (secondary N) is 2. The van der Waals surface area contributed by atoms with Gasteiger partial charge in [-0.05, 0) is 49.8 Å². The molecule has 3 unspecified atom stereocenters. The SMILES string of the molecule is CN=C(NCc1ccccc1CN1CCCCC1C)NC1CC1C.I. The van der Waals surface area contributed by atoms with Crippen LogP contribution in [0.15, 0.2) is 29.3 Å². The molecule has 1 aromatic carbocycles. The number of hydrogen-bond acceptors (Lipinski definition) is 2. The van der Waals surface area contributed by atoms with Crippen molar-refractivity contribution >= 4 is 29.9 Å². The Labute approximate surface area is 169 Å². The molecule has 0 spiro atoms. The van der Waals surface area contributed by atoms with Crippen LogP contribution in [-0.2, 0) is 13.1 Å². The standard InChI is InChI=1S/C20H32N4.HI/c1-15-12-19(15)23-20(21-3)22-13-17-9-4-5-10-18(17)14-24-11-7-6-8-16(24)2;/h4-5,9-10,15-16,19H,6-8,11-14H2,1-3H3,(H2,21,22,23);1H. The van der Waals surface area contributed by atoms with Crippen LogP contribution in [0.25, 0.3) is 0 Å². The van der Waals surface area contributed by atoms with Crippen molar-refractivity contribution in [2.24, 2.45) is 10.9 Å². The minimum atomic E-state index is 0. The molecule has 0 radical (unpaired) electrons. The quantitative estimate of drug-likeness (QED) is 0.403. The van der Waals surface area contributed by atoms with Gasteiger partial charge in [-0.3, -0.25) is 9.89 Å². The van der Waals surface area contributed by atoms with Gasteiger partial charge in [-0.2, -0.15) is 0 Å². The van der Waals surface area contributed by atoms with Crippen molar-refractivity contribution in [3.05, 3.63) is 35.4 Å². The molecular formula is C20H33IN4. The summed E-state index contributed by atoms with van der Waals surface area (Å²) in [6.07, 6.45) is 5.30. The Morgan fingerprint density at radius 3 is 2.56 bits per heavy atom. The first-order chi connectivity index (χ1) is 11.7. The van der Waals surface area contributed by atoms with E-state index < -0.39 is 0 Å². The Kier molecular flexibility index (Phi) is 8.00. The van der Waals surface area contributed by atoms with E-state index in [1.165, 1.54) is 43.4 Å². The third kappa shape index (κ3) is 5.84. The number of benzene rings is 1. The van der Waals surface area contributed by atoms with Gasteiger partial charge in [0.05, 0.1) is 0 Å². The molecule has 2 aliphatic rings. The maximum atomic E-state index is 4.36. The zero-order chi connectivity index (χ0) is 16.9. The molecule has 1 heterocycles. The van der Waals surface area contributed by atoms with Gasteiger partial charge in [0.25, 0.3) is 0 Å². The molecule has 1 aliphatic carbocycles. The molecule has 25 heavy (non-hydrogen) atoms. The van der Waals surface area contributed by atoms with Gasteiger partial charge in [-0.25, -0.2) is 0 Å². The van der Waals surface area contributed by atoms with Crippen LogP contribution in [0, 0.1) is 5.92 Å². The predicted molar refractivity (Wildman–Crippen MR) is 116 cm³/mol. The van der Waals surface area contributed by atoms with Crippen LogP contribution >= 0.6 is 24.0 Å². The van der Waals surface area contributed by atoms with Crippen molar-refractivity contribution in [3.63, 3.8) is 0 Å². The van der Waals surface area contributed by atoms with E-state index in [9.17, 15) is 0 Å². The number of aliphatic imine (C=N–C) groups is 1. The molecule has 1 aromatic rings. The number of rotatable bonds is 5. The summed E-state index contributed by atoms with van der Waals surface area (Å²) >= 11 is 0. The first-order valence-electron chi connectivity index (χ1n) is 9.45. The second-order valence-electron chi connectivity index (χ2n) is 7.47. The average molecular weight is 456 g/mol. The van der Waals surface area contributed by atoms with Gasteiger partial charge in [0.15, 0.2) is 5.96 Å². The third-order valence-corrected chi connectivity index (χ3v) is 5.53. The van der Waals surface area contributed by atoms with Crippen LogP contribution in [0.5, 0.6) is 0 Å². The van der Waals surface area contributed by atoms with Crippen LogP contribution in [0.3, 0.4) is 0 Å². The Morgan fingerprint density at radius 1 is 1.20 bits per heavy atom. The summed E-state index contributed by atoms with van der Waals surface area (Å²) in [7, 11) is 1.85. The van der Waals surface area contributed by atoms with E-state index in [0.717, 1.165) is 25.0 Å². The highest BCUT2D eigenvalue weighted by molar-refractivity contribution is 14.0. The summed E-state index contributed by atoms with van der Waals surface area (Å²) in [5, 5.41) is 6.98. The summed E-state index contributed by atoms with van der Waals surface area (Å²) in [5.41, 5.74) is 2.82. The van der Waals surface area contributed by atoms with Crippen molar-refractivity contribution in [2.75, 3.05) is 13.6 Å². The average Bonchev–Trinajstić information content (AvgIpc) is 3.29. The van der Waals surface area contributed by atoms with Gasteiger partial charge in [0.2, 0.25) is 0 Å². The molecule has 1 saturated heterocycles. The first kappa shape index (κ1) is 20.5. The summed E-state index contributed by atoms with van der Waals surface area (Å²) in [6.45, 7) is 7.76. The molecule has 1 saturated carbocycles. The highest BCUT2D eigenvalue weighted by Gasteiger charge is 2.33. The van der Waals surface area contributed by atoms with Crippen molar-refractivity contribution in [1.29, 1.82) is 0 Å². The van der Waals surface area contributed by atoms with Crippen LogP contribution in [0.2, 0.25) is 0 Å². The number of piperidine rings is 1. The lowest BCUT2D eigenvalue weighted by Gasteiger charge is -2.33. The number of halogens is 1. The van der Waals surface area contributed by atoms with E-state index in [0.29, 0.717) is 12.1 Å². The van der Waals surface area contributed by atoms with Gasteiger partial charge in [-0.1, -0.05) is 37.6 Å². The molecule has 140 valence electrons. The maximum absolute atomic E-state index is 4.36. The molecule has 0 bridgehead atoms. The molecule has 0 amide bonds. The van der Waals surface area contributed by atoms with Crippen molar-refractivity contribution in [2.45, 2.75) is 64.7 Å². The van der Waals surface area contributed by atoms with Gasteiger partial charge in [-0.15, -0.1) is 24.0 Å². The number of guanidine groups is 1. The van der Waals surface area contributed by atoms with Crippen LogP contribution in [-0.4, -0.2) is 36.5 Å². The summed E-state index contributed by atoms with van der Waals surface area (Å²) in [6, 6.07) is 10.1. The maximum Gasteiger partial charge on any atom is 0.191 e. The van der Waals surface area contributed by atoms with Gasteiger partial charge in [0, 0.05) is 32.2 Å². The topological polar surface area (TPSA) is 39.7 Å². The largest absolute Gasteiger partial charge is 0.353 e. The molecule has 3 atom stereocenters. The van der Waals surface area contributed by atoms with Crippen LogP contribution in [0.4, 0.5) is 0 Å². The van der Waals surface area contributed by atoms with Gasteiger partial charge in [0.1, 0.15) is 0 Å². The lowest BCUT2D eigenvalue weighted by atomic mass is 10.0. The smallest absolute Gasteiger partial charge is 0.191 e. The fourth-order valence-corrected chi connectivity index (χ4v) is 3.57. The monoisotopic (exact) mass is 456 g/mol. The first-order valence-corrected chi connectivity index (χ1v) is 9.45. The van der Waals surface area contributed by atoms with Crippen molar-refractivity contribution < 1.29 is 0 Å². The number of likely N-dealkylation sites (tertiary alicyclic amines) is 1. The minimum Gasteiger partial charge on any atom is -0.353 e. The molecule has 4 nitrogen and oxygen atoms in total. The van der Waals surface area contributed by atoms with E-state index in [1.807, 2.05) is 7.05 Å². The predicted octanol–water partition coefficient (Wildman–Crippen LogP) is 3.75. The van der Waals surface area contributed by atoms with Crippen molar-refractivity contribution in [3.8, 4) is 0 Å². The molecule has 5 heteroatoms. The lowest BCUT2D eigenvalue weighted by Crippen LogP contribution is -2.39. The molecular weight excluding hydrogens is 423 g/mol. The second-order valence-corrected chi connectivity index (χ2v) is 7.47. The Morgan fingerprint density at radius 2 is 1.92 bits per heavy atom.